The minimum atomic E-state index is 0.190. The fourth-order valence-corrected chi connectivity index (χ4v) is 1.04. The minimum absolute atomic E-state index is 0.190. The zero-order valence-corrected chi connectivity index (χ0v) is 6.98. The molecule has 3 N–H and O–H groups in total. The van der Waals surface area contributed by atoms with Crippen LogP contribution in [0.2, 0.25) is 0 Å². The van der Waals surface area contributed by atoms with Crippen LogP contribution < -0.4 is 5.73 Å². The molecule has 0 saturated heterocycles. The van der Waals surface area contributed by atoms with Crippen molar-refractivity contribution in [1.82, 2.24) is 14.8 Å². The SMILES string of the molecule is NCCn1cnnc1CCCO. The van der Waals surface area contributed by atoms with Crippen molar-refractivity contribution in [3.05, 3.63) is 12.2 Å². The average molecular weight is 170 g/mol. The molecule has 0 unspecified atom stereocenters. The number of hydrogen-bond acceptors (Lipinski definition) is 4. The highest BCUT2D eigenvalue weighted by atomic mass is 16.2. The summed E-state index contributed by atoms with van der Waals surface area (Å²) < 4.78 is 1.91. The Labute approximate surface area is 71.2 Å². The maximum absolute atomic E-state index is 8.60. The lowest BCUT2D eigenvalue weighted by Crippen LogP contribution is -2.12. The number of aryl methyl sites for hydroxylation is 1. The minimum Gasteiger partial charge on any atom is -0.396 e. The summed E-state index contributed by atoms with van der Waals surface area (Å²) in [5.41, 5.74) is 5.39. The molecule has 0 aliphatic carbocycles. The van der Waals surface area contributed by atoms with E-state index in [2.05, 4.69) is 10.2 Å². The van der Waals surface area contributed by atoms with Gasteiger partial charge in [0.1, 0.15) is 12.2 Å². The first-order chi connectivity index (χ1) is 5.88. The standard InChI is InChI=1S/C7H14N4O/c8-3-4-11-6-9-10-7(11)2-1-5-12/h6,12H,1-5,8H2. The highest BCUT2D eigenvalue weighted by Crippen LogP contribution is 1.97. The van der Waals surface area contributed by atoms with Crippen LogP contribution >= 0.6 is 0 Å². The van der Waals surface area contributed by atoms with Crippen molar-refractivity contribution in [2.24, 2.45) is 5.73 Å². The molecule has 0 atom stereocenters. The molecule has 0 saturated carbocycles. The molecule has 0 amide bonds. The van der Waals surface area contributed by atoms with E-state index in [4.69, 9.17) is 10.8 Å². The first-order valence-corrected chi connectivity index (χ1v) is 4.06. The molecule has 0 aliphatic rings. The molecule has 0 aliphatic heterocycles. The average Bonchev–Trinajstić information content (AvgIpc) is 2.50. The second-order valence-electron chi connectivity index (χ2n) is 2.56. The van der Waals surface area contributed by atoms with Crippen LogP contribution in [0.25, 0.3) is 0 Å². The summed E-state index contributed by atoms with van der Waals surface area (Å²) in [4.78, 5) is 0. The molecule has 0 fully saturated rings. The number of nitrogens with zero attached hydrogens (tertiary/aromatic N) is 3. The van der Waals surface area contributed by atoms with Crippen LogP contribution in [0.15, 0.2) is 6.33 Å². The van der Waals surface area contributed by atoms with E-state index in [9.17, 15) is 0 Å². The van der Waals surface area contributed by atoms with E-state index in [0.717, 1.165) is 25.2 Å². The van der Waals surface area contributed by atoms with Gasteiger partial charge in [-0.1, -0.05) is 0 Å². The Morgan fingerprint density at radius 1 is 1.58 bits per heavy atom. The lowest BCUT2D eigenvalue weighted by atomic mass is 10.3. The summed E-state index contributed by atoms with van der Waals surface area (Å²) in [5.74, 6) is 0.898. The number of aliphatic hydroxyl groups is 1. The Kier molecular flexibility index (Phi) is 3.69. The van der Waals surface area contributed by atoms with Gasteiger partial charge in [-0.15, -0.1) is 10.2 Å². The van der Waals surface area contributed by atoms with Gasteiger partial charge in [0.25, 0.3) is 0 Å². The number of hydrogen-bond donors (Lipinski definition) is 2. The number of aromatic nitrogens is 3. The van der Waals surface area contributed by atoms with Crippen molar-refractivity contribution in [2.45, 2.75) is 19.4 Å². The van der Waals surface area contributed by atoms with E-state index < -0.39 is 0 Å². The van der Waals surface area contributed by atoms with E-state index in [1.807, 2.05) is 4.57 Å². The van der Waals surface area contributed by atoms with Crippen LogP contribution in [0.5, 0.6) is 0 Å². The molecule has 0 aromatic carbocycles. The van der Waals surface area contributed by atoms with Crippen molar-refractivity contribution in [2.75, 3.05) is 13.2 Å². The lowest BCUT2D eigenvalue weighted by molar-refractivity contribution is 0.287. The van der Waals surface area contributed by atoms with Crippen molar-refractivity contribution >= 4 is 0 Å². The first kappa shape index (κ1) is 9.15. The van der Waals surface area contributed by atoms with Crippen molar-refractivity contribution < 1.29 is 5.11 Å². The van der Waals surface area contributed by atoms with Crippen LogP contribution in [0.4, 0.5) is 0 Å². The summed E-state index contributed by atoms with van der Waals surface area (Å²) in [6, 6.07) is 0. The monoisotopic (exact) mass is 170 g/mol. The molecule has 5 heteroatoms. The number of aliphatic hydroxyl groups excluding tert-OH is 1. The lowest BCUT2D eigenvalue weighted by Gasteiger charge is -2.02. The molecule has 1 heterocycles. The molecular weight excluding hydrogens is 156 g/mol. The highest BCUT2D eigenvalue weighted by Gasteiger charge is 2.01. The van der Waals surface area contributed by atoms with Gasteiger partial charge in [0.15, 0.2) is 0 Å². The normalized spacial score (nSPS) is 10.5. The zero-order chi connectivity index (χ0) is 8.81. The maximum Gasteiger partial charge on any atom is 0.132 e. The summed E-state index contributed by atoms with van der Waals surface area (Å²) in [5, 5.41) is 16.3. The predicted molar refractivity (Wildman–Crippen MR) is 44.5 cm³/mol. The Morgan fingerprint density at radius 3 is 3.08 bits per heavy atom. The predicted octanol–water partition coefficient (Wildman–Crippen LogP) is -0.838. The van der Waals surface area contributed by atoms with Crippen molar-refractivity contribution in [1.29, 1.82) is 0 Å². The summed E-state index contributed by atoms with van der Waals surface area (Å²) in [6.07, 6.45) is 3.15. The van der Waals surface area contributed by atoms with Gasteiger partial charge in [-0.3, -0.25) is 0 Å². The van der Waals surface area contributed by atoms with Gasteiger partial charge in [-0.05, 0) is 6.42 Å². The second-order valence-corrected chi connectivity index (χ2v) is 2.56. The van der Waals surface area contributed by atoms with E-state index >= 15 is 0 Å². The third-order valence-corrected chi connectivity index (χ3v) is 1.62. The smallest absolute Gasteiger partial charge is 0.132 e. The molecule has 5 nitrogen and oxygen atoms in total. The van der Waals surface area contributed by atoms with Crippen LogP contribution in [0.1, 0.15) is 12.2 Å². The zero-order valence-electron chi connectivity index (χ0n) is 6.98. The van der Waals surface area contributed by atoms with Gasteiger partial charge < -0.3 is 15.4 Å². The number of rotatable bonds is 5. The second kappa shape index (κ2) is 4.84. The molecular formula is C7H14N4O. The Bertz CT molecular complexity index is 223. The Hall–Kier alpha value is -0.940. The third-order valence-electron chi connectivity index (χ3n) is 1.62. The van der Waals surface area contributed by atoms with Gasteiger partial charge in [0.05, 0.1) is 0 Å². The quantitative estimate of drug-likeness (QED) is 0.604. The molecule has 68 valence electrons. The van der Waals surface area contributed by atoms with Crippen molar-refractivity contribution in [3.63, 3.8) is 0 Å². The van der Waals surface area contributed by atoms with Gasteiger partial charge in [-0.25, -0.2) is 0 Å². The Balaban J connectivity index is 2.51. The van der Waals surface area contributed by atoms with E-state index in [1.54, 1.807) is 6.33 Å². The molecule has 12 heavy (non-hydrogen) atoms. The van der Waals surface area contributed by atoms with E-state index in [1.165, 1.54) is 0 Å². The van der Waals surface area contributed by atoms with Gasteiger partial charge in [0.2, 0.25) is 0 Å². The fraction of sp³-hybridized carbons (Fsp3) is 0.714. The first-order valence-electron chi connectivity index (χ1n) is 4.06. The van der Waals surface area contributed by atoms with Gasteiger partial charge >= 0.3 is 0 Å². The molecule has 1 aromatic rings. The highest BCUT2D eigenvalue weighted by molar-refractivity contribution is 4.85. The van der Waals surface area contributed by atoms with E-state index in [0.29, 0.717) is 6.54 Å². The fourth-order valence-electron chi connectivity index (χ4n) is 1.04. The summed E-state index contributed by atoms with van der Waals surface area (Å²) in [6.45, 7) is 1.52. The maximum atomic E-state index is 8.60. The topological polar surface area (TPSA) is 77.0 Å². The molecule has 0 bridgehead atoms. The van der Waals surface area contributed by atoms with E-state index in [-0.39, 0.29) is 6.61 Å². The van der Waals surface area contributed by atoms with Crippen LogP contribution in [-0.4, -0.2) is 33.0 Å². The largest absolute Gasteiger partial charge is 0.396 e. The summed E-state index contributed by atoms with van der Waals surface area (Å²) >= 11 is 0. The molecule has 1 rings (SSSR count). The van der Waals surface area contributed by atoms with Gasteiger partial charge in [-0.2, -0.15) is 0 Å². The van der Waals surface area contributed by atoms with Gasteiger partial charge in [0, 0.05) is 26.1 Å². The van der Waals surface area contributed by atoms with Crippen LogP contribution in [0, 0.1) is 0 Å². The summed E-state index contributed by atoms with van der Waals surface area (Å²) in [7, 11) is 0. The Morgan fingerprint density at radius 2 is 2.42 bits per heavy atom. The third kappa shape index (κ3) is 2.28. The van der Waals surface area contributed by atoms with Crippen LogP contribution in [0.3, 0.4) is 0 Å². The molecule has 1 aromatic heterocycles. The molecule has 0 spiro atoms. The van der Waals surface area contributed by atoms with Crippen molar-refractivity contribution in [3.8, 4) is 0 Å². The van der Waals surface area contributed by atoms with Crippen LogP contribution in [-0.2, 0) is 13.0 Å². The molecule has 0 radical (unpaired) electrons. The number of nitrogens with two attached hydrogens (primary N) is 1.